The van der Waals surface area contributed by atoms with Gasteiger partial charge in [0, 0.05) is 5.25 Å². The maximum atomic E-state index is 11.1. The Morgan fingerprint density at radius 1 is 1.06 bits per heavy atom. The summed E-state index contributed by atoms with van der Waals surface area (Å²) in [5.41, 5.74) is 0. The molecule has 0 aromatic rings. The normalized spacial score (nSPS) is 14.9. The fourth-order valence-electron chi connectivity index (χ4n) is 1.87. The van der Waals surface area contributed by atoms with E-state index < -0.39 is 21.5 Å². The van der Waals surface area contributed by atoms with Gasteiger partial charge in [0.2, 0.25) is 0 Å². The molecule has 0 bridgehead atoms. The van der Waals surface area contributed by atoms with E-state index in [-0.39, 0.29) is 51.4 Å². The van der Waals surface area contributed by atoms with Crippen LogP contribution in [0.1, 0.15) is 65.2 Å². The molecule has 0 saturated heterocycles. The summed E-state index contributed by atoms with van der Waals surface area (Å²) in [6.07, 6.45) is 5.53. The van der Waals surface area contributed by atoms with Crippen molar-refractivity contribution in [3.8, 4) is 0 Å². The molecule has 4 nitrogen and oxygen atoms in total. The van der Waals surface area contributed by atoms with E-state index in [0.29, 0.717) is 25.7 Å². The Balaban J connectivity index is 0. The van der Waals surface area contributed by atoms with E-state index in [1.54, 1.807) is 6.92 Å². The molecule has 1 N–H and O–H groups in total. The van der Waals surface area contributed by atoms with Gasteiger partial charge in [-0.05, 0) is 32.6 Å². The van der Waals surface area contributed by atoms with Gasteiger partial charge >= 0.3 is 51.4 Å². The van der Waals surface area contributed by atoms with Crippen LogP contribution < -0.4 is 51.4 Å². The van der Waals surface area contributed by atoms with E-state index in [2.05, 4.69) is 6.92 Å². The number of aliphatic hydroxyl groups is 1. The van der Waals surface area contributed by atoms with E-state index in [4.69, 9.17) is 5.11 Å². The number of aliphatic hydroxyl groups excluding tert-OH is 1. The number of unbranched alkanes of at least 4 members (excludes halogenated alkanes) is 3. The SMILES string of the molecule is CCCCCCC(CCCC(C)O)S(=O)(=O)[O-].[K+]. The molecule has 0 fully saturated rings. The maximum absolute atomic E-state index is 11.1. The van der Waals surface area contributed by atoms with Crippen molar-refractivity contribution >= 4 is 10.1 Å². The minimum absolute atomic E-state index is 0. The fourth-order valence-corrected chi connectivity index (χ4v) is 2.78. The quantitative estimate of drug-likeness (QED) is 0.333. The third kappa shape index (κ3) is 12.5. The van der Waals surface area contributed by atoms with Gasteiger partial charge in [0.25, 0.3) is 0 Å². The van der Waals surface area contributed by atoms with Gasteiger partial charge < -0.3 is 9.66 Å². The van der Waals surface area contributed by atoms with Crippen LogP contribution in [-0.4, -0.2) is 29.4 Å². The van der Waals surface area contributed by atoms with E-state index >= 15 is 0 Å². The Labute approximate surface area is 154 Å². The first kappa shape index (κ1) is 21.8. The van der Waals surface area contributed by atoms with Crippen LogP contribution in [-0.2, 0) is 10.1 Å². The summed E-state index contributed by atoms with van der Waals surface area (Å²) in [6, 6.07) is 0. The molecule has 0 aromatic carbocycles. The van der Waals surface area contributed by atoms with Gasteiger partial charge in [0.15, 0.2) is 0 Å². The molecule has 0 aliphatic carbocycles. The second-order valence-electron chi connectivity index (χ2n) is 4.74. The molecule has 104 valence electrons. The molecule has 0 radical (unpaired) electrons. The summed E-state index contributed by atoms with van der Waals surface area (Å²) < 4.78 is 33.2. The van der Waals surface area contributed by atoms with Gasteiger partial charge in [0.05, 0.1) is 16.2 Å². The molecule has 0 heterocycles. The van der Waals surface area contributed by atoms with Crippen molar-refractivity contribution in [2.24, 2.45) is 0 Å². The Morgan fingerprint density at radius 3 is 2.06 bits per heavy atom. The van der Waals surface area contributed by atoms with Crippen LogP contribution in [0.4, 0.5) is 0 Å². The molecule has 2 unspecified atom stereocenters. The van der Waals surface area contributed by atoms with Crippen molar-refractivity contribution in [2.45, 2.75) is 76.6 Å². The van der Waals surface area contributed by atoms with E-state index in [1.165, 1.54) is 0 Å². The van der Waals surface area contributed by atoms with E-state index in [1.807, 2.05) is 0 Å². The van der Waals surface area contributed by atoms with Crippen molar-refractivity contribution in [3.05, 3.63) is 0 Å². The van der Waals surface area contributed by atoms with Crippen molar-refractivity contribution in [3.63, 3.8) is 0 Å². The van der Waals surface area contributed by atoms with E-state index in [9.17, 15) is 13.0 Å². The van der Waals surface area contributed by atoms with Gasteiger partial charge in [-0.15, -0.1) is 0 Å². The zero-order valence-corrected chi connectivity index (χ0v) is 15.8. The molecular formula is C12H25KO4S. The van der Waals surface area contributed by atoms with Gasteiger partial charge in [-0.25, -0.2) is 8.42 Å². The topological polar surface area (TPSA) is 77.4 Å². The van der Waals surface area contributed by atoms with Crippen LogP contribution in [0.5, 0.6) is 0 Å². The fraction of sp³-hybridized carbons (Fsp3) is 1.00. The molecule has 0 spiro atoms. The van der Waals surface area contributed by atoms with Gasteiger partial charge in [-0.3, -0.25) is 0 Å². The summed E-state index contributed by atoms with van der Waals surface area (Å²) >= 11 is 0. The second-order valence-corrected chi connectivity index (χ2v) is 6.40. The van der Waals surface area contributed by atoms with Crippen molar-refractivity contribution < 1.29 is 69.5 Å². The van der Waals surface area contributed by atoms with Gasteiger partial charge in [-0.2, -0.15) is 0 Å². The first-order valence-corrected chi connectivity index (χ1v) is 7.97. The average Bonchev–Trinajstić information content (AvgIpc) is 2.19. The Kier molecular flexibility index (Phi) is 14.9. The second kappa shape index (κ2) is 12.3. The largest absolute Gasteiger partial charge is 1.00 e. The van der Waals surface area contributed by atoms with Crippen LogP contribution in [0.25, 0.3) is 0 Å². The summed E-state index contributed by atoms with van der Waals surface area (Å²) in [7, 11) is -4.18. The zero-order valence-electron chi connectivity index (χ0n) is 11.9. The zero-order chi connectivity index (χ0) is 13.3. The van der Waals surface area contributed by atoms with Crippen molar-refractivity contribution in [2.75, 3.05) is 0 Å². The molecule has 0 aliphatic heterocycles. The number of rotatable bonds is 10. The molecule has 0 rings (SSSR count). The summed E-state index contributed by atoms with van der Waals surface area (Å²) in [4.78, 5) is 0. The minimum atomic E-state index is -4.18. The predicted molar refractivity (Wildman–Crippen MR) is 67.8 cm³/mol. The molecule has 0 aliphatic rings. The summed E-state index contributed by atoms with van der Waals surface area (Å²) in [5, 5.41) is 8.32. The van der Waals surface area contributed by atoms with Crippen molar-refractivity contribution in [1.82, 2.24) is 0 Å². The van der Waals surface area contributed by atoms with Crippen LogP contribution in [0.15, 0.2) is 0 Å². The Morgan fingerprint density at radius 2 is 1.61 bits per heavy atom. The van der Waals surface area contributed by atoms with Gasteiger partial charge in [-0.1, -0.05) is 32.6 Å². The van der Waals surface area contributed by atoms with Crippen molar-refractivity contribution in [1.29, 1.82) is 0 Å². The monoisotopic (exact) mass is 304 g/mol. The average molecular weight is 304 g/mol. The molecule has 0 saturated carbocycles. The van der Waals surface area contributed by atoms with Crippen LogP contribution in [0.3, 0.4) is 0 Å². The summed E-state index contributed by atoms with van der Waals surface area (Å²) in [5.74, 6) is 0. The number of hydrogen-bond donors (Lipinski definition) is 1. The van der Waals surface area contributed by atoms with Crippen LogP contribution in [0.2, 0.25) is 0 Å². The van der Waals surface area contributed by atoms with E-state index in [0.717, 1.165) is 25.7 Å². The molecule has 2 atom stereocenters. The number of hydrogen-bond acceptors (Lipinski definition) is 4. The van der Waals surface area contributed by atoms with Gasteiger partial charge in [0.1, 0.15) is 0 Å². The molecule has 18 heavy (non-hydrogen) atoms. The summed E-state index contributed by atoms with van der Waals surface area (Å²) in [6.45, 7) is 3.76. The smallest absolute Gasteiger partial charge is 0.748 e. The standard InChI is InChI=1S/C12H26O4S.K/c1-3-4-5-6-9-12(17(14,15)16)10-7-8-11(2)13;/h11-13H,3-10H2,1-2H3,(H,14,15,16);/q;+1/p-1. The minimum Gasteiger partial charge on any atom is -0.748 e. The molecule has 0 amide bonds. The molecular weight excluding hydrogens is 279 g/mol. The molecule has 6 heteroatoms. The first-order chi connectivity index (χ1) is 7.88. The predicted octanol–water partition coefficient (Wildman–Crippen LogP) is -0.574. The van der Waals surface area contributed by atoms with Crippen LogP contribution >= 0.6 is 0 Å². The van der Waals surface area contributed by atoms with Crippen LogP contribution in [0, 0.1) is 0 Å². The molecule has 0 aromatic heterocycles. The third-order valence-electron chi connectivity index (χ3n) is 2.94. The third-order valence-corrected chi connectivity index (χ3v) is 4.22. The maximum Gasteiger partial charge on any atom is 1.00 e. The first-order valence-electron chi connectivity index (χ1n) is 6.50. The Bertz CT molecular complexity index is 278. The Hall–Kier alpha value is 1.51.